The molecule has 1 aromatic carbocycles. The molecule has 3 rings (SSSR count). The maximum atomic E-state index is 13.3. The summed E-state index contributed by atoms with van der Waals surface area (Å²) in [7, 11) is 0. The summed E-state index contributed by atoms with van der Waals surface area (Å²) in [5, 5.41) is 0.379. The minimum atomic E-state index is -0.674. The van der Waals surface area contributed by atoms with Crippen LogP contribution < -0.4 is 4.90 Å². The van der Waals surface area contributed by atoms with Crippen LogP contribution >= 0.6 is 27.5 Å². The van der Waals surface area contributed by atoms with Gasteiger partial charge in [0.2, 0.25) is 5.91 Å². The number of hydrogen-bond acceptors (Lipinski definition) is 2. The number of carbonyl (C=O) groups excluding carboxylic acids is 1. The number of fused-ring (bicyclic) bond motifs is 1. The summed E-state index contributed by atoms with van der Waals surface area (Å²) in [5.41, 5.74) is 1.68. The van der Waals surface area contributed by atoms with E-state index < -0.39 is 11.6 Å². The van der Waals surface area contributed by atoms with Crippen LogP contribution in [0.1, 0.15) is 17.7 Å². The molecule has 7 heteroatoms. The molecule has 3 nitrogen and oxygen atoms in total. The Bertz CT molecular complexity index is 749. The Morgan fingerprint density at radius 2 is 1.86 bits per heavy atom. The van der Waals surface area contributed by atoms with Gasteiger partial charge in [-0.2, -0.15) is 0 Å². The molecule has 0 aliphatic carbocycles. The van der Waals surface area contributed by atoms with Gasteiger partial charge in [-0.1, -0.05) is 11.6 Å². The Labute approximate surface area is 139 Å². The molecule has 1 aromatic heterocycles. The van der Waals surface area contributed by atoms with Crippen molar-refractivity contribution in [2.24, 2.45) is 0 Å². The fourth-order valence-electron chi connectivity index (χ4n) is 2.46. The van der Waals surface area contributed by atoms with Crippen LogP contribution in [0, 0.1) is 11.6 Å². The number of anilines is 1. The van der Waals surface area contributed by atoms with Gasteiger partial charge in [0.25, 0.3) is 0 Å². The van der Waals surface area contributed by atoms with Gasteiger partial charge in [0.15, 0.2) is 0 Å². The van der Waals surface area contributed by atoms with Gasteiger partial charge in [-0.05, 0) is 39.7 Å². The number of halogens is 4. The molecule has 0 spiro atoms. The van der Waals surface area contributed by atoms with Crippen LogP contribution in [0.15, 0.2) is 28.9 Å². The van der Waals surface area contributed by atoms with Crippen molar-refractivity contribution in [1.29, 1.82) is 0 Å². The van der Waals surface area contributed by atoms with E-state index in [0.717, 1.165) is 11.8 Å². The van der Waals surface area contributed by atoms with Gasteiger partial charge in [-0.3, -0.25) is 4.79 Å². The maximum Gasteiger partial charge on any atom is 0.227 e. The first-order valence-electron chi connectivity index (χ1n) is 6.54. The van der Waals surface area contributed by atoms with E-state index in [1.807, 2.05) is 0 Å². The first-order valence-corrected chi connectivity index (χ1v) is 7.71. The summed E-state index contributed by atoms with van der Waals surface area (Å²) in [6.07, 6.45) is 0.809. The fourth-order valence-corrected chi connectivity index (χ4v) is 2.94. The predicted octanol–water partition coefficient (Wildman–Crippen LogP) is 4.26. The van der Waals surface area contributed by atoms with E-state index in [4.69, 9.17) is 11.6 Å². The maximum absolute atomic E-state index is 13.3. The number of rotatable bonds is 2. The Morgan fingerprint density at radius 3 is 2.55 bits per heavy atom. The zero-order valence-corrected chi connectivity index (χ0v) is 13.6. The molecule has 2 heterocycles. The standard InChI is InChI=1S/C15H10BrClF2N2O/c16-15-11(17)6-13-12(20-15)1-2-14(22)21(13)7-8-3-9(18)5-10(19)4-8/h3-6H,1-2,7H2. The van der Waals surface area contributed by atoms with Crippen LogP contribution in [0.3, 0.4) is 0 Å². The molecule has 0 fully saturated rings. The van der Waals surface area contributed by atoms with Crippen molar-refractivity contribution in [2.75, 3.05) is 4.90 Å². The number of amides is 1. The monoisotopic (exact) mass is 386 g/mol. The number of hydrogen-bond donors (Lipinski definition) is 0. The second-order valence-corrected chi connectivity index (χ2v) is 6.14. The number of pyridine rings is 1. The Hall–Kier alpha value is -1.53. The Balaban J connectivity index is 2.00. The lowest BCUT2D eigenvalue weighted by atomic mass is 10.1. The minimum Gasteiger partial charge on any atom is -0.306 e. The second-order valence-electron chi connectivity index (χ2n) is 4.98. The summed E-state index contributed by atoms with van der Waals surface area (Å²) in [6.45, 7) is 0.0696. The topological polar surface area (TPSA) is 33.2 Å². The molecule has 1 aliphatic rings. The fraction of sp³-hybridized carbons (Fsp3) is 0.200. The van der Waals surface area contributed by atoms with Crippen molar-refractivity contribution >= 4 is 39.1 Å². The van der Waals surface area contributed by atoms with E-state index in [0.29, 0.717) is 33.7 Å². The van der Waals surface area contributed by atoms with Crippen molar-refractivity contribution in [3.05, 3.63) is 56.8 Å². The van der Waals surface area contributed by atoms with E-state index in [1.54, 1.807) is 6.07 Å². The van der Waals surface area contributed by atoms with E-state index in [1.165, 1.54) is 17.0 Å². The molecule has 2 aromatic rings. The van der Waals surface area contributed by atoms with Gasteiger partial charge in [0, 0.05) is 18.9 Å². The summed E-state index contributed by atoms with van der Waals surface area (Å²) in [5.74, 6) is -1.48. The van der Waals surface area contributed by atoms with Crippen molar-refractivity contribution in [2.45, 2.75) is 19.4 Å². The SMILES string of the molecule is O=C1CCc2nc(Br)c(Cl)cc2N1Cc1cc(F)cc(F)c1. The summed E-state index contributed by atoms with van der Waals surface area (Å²) >= 11 is 9.29. The predicted molar refractivity (Wildman–Crippen MR) is 82.8 cm³/mol. The number of aromatic nitrogens is 1. The Kier molecular flexibility index (Phi) is 4.14. The zero-order chi connectivity index (χ0) is 15.9. The van der Waals surface area contributed by atoms with E-state index in [9.17, 15) is 13.6 Å². The Morgan fingerprint density at radius 1 is 1.18 bits per heavy atom. The van der Waals surface area contributed by atoms with Crippen molar-refractivity contribution in [3.63, 3.8) is 0 Å². The first-order chi connectivity index (χ1) is 10.4. The molecule has 0 saturated carbocycles. The third-order valence-corrected chi connectivity index (χ3v) is 4.54. The lowest BCUT2D eigenvalue weighted by molar-refractivity contribution is -0.119. The van der Waals surface area contributed by atoms with Gasteiger partial charge in [0.1, 0.15) is 16.2 Å². The lowest BCUT2D eigenvalue weighted by Gasteiger charge is -2.29. The highest BCUT2D eigenvalue weighted by atomic mass is 79.9. The van der Waals surface area contributed by atoms with Gasteiger partial charge >= 0.3 is 0 Å². The number of benzene rings is 1. The molecule has 22 heavy (non-hydrogen) atoms. The van der Waals surface area contributed by atoms with Gasteiger partial charge in [0.05, 0.1) is 22.9 Å². The van der Waals surface area contributed by atoms with Gasteiger partial charge < -0.3 is 4.90 Å². The van der Waals surface area contributed by atoms with Crippen LogP contribution in [0.5, 0.6) is 0 Å². The van der Waals surface area contributed by atoms with E-state index in [2.05, 4.69) is 20.9 Å². The van der Waals surface area contributed by atoms with Crippen LogP contribution in [-0.2, 0) is 17.8 Å². The van der Waals surface area contributed by atoms with Crippen molar-refractivity contribution < 1.29 is 13.6 Å². The number of nitrogens with zero attached hydrogens (tertiary/aromatic N) is 2. The average molecular weight is 388 g/mol. The molecule has 0 bridgehead atoms. The molecular formula is C15H10BrClF2N2O. The number of carbonyl (C=O) groups is 1. The highest BCUT2D eigenvalue weighted by Crippen LogP contribution is 2.33. The minimum absolute atomic E-state index is 0.0696. The van der Waals surface area contributed by atoms with Crippen LogP contribution in [0.2, 0.25) is 5.02 Å². The van der Waals surface area contributed by atoms with Crippen LogP contribution in [0.25, 0.3) is 0 Å². The highest BCUT2D eigenvalue weighted by molar-refractivity contribution is 9.10. The average Bonchev–Trinajstić information content (AvgIpc) is 2.43. The van der Waals surface area contributed by atoms with Crippen molar-refractivity contribution in [1.82, 2.24) is 4.98 Å². The third-order valence-electron chi connectivity index (χ3n) is 3.42. The zero-order valence-electron chi connectivity index (χ0n) is 11.2. The molecular weight excluding hydrogens is 378 g/mol. The summed E-state index contributed by atoms with van der Waals surface area (Å²) in [4.78, 5) is 18.0. The third kappa shape index (κ3) is 2.98. The molecule has 0 saturated heterocycles. The van der Waals surface area contributed by atoms with Crippen LogP contribution in [0.4, 0.5) is 14.5 Å². The molecule has 0 N–H and O–H groups in total. The summed E-state index contributed by atoms with van der Waals surface area (Å²) < 4.78 is 27.1. The molecule has 1 aliphatic heterocycles. The second kappa shape index (κ2) is 5.93. The largest absolute Gasteiger partial charge is 0.306 e. The molecule has 0 radical (unpaired) electrons. The van der Waals surface area contributed by atoms with Gasteiger partial charge in [-0.25, -0.2) is 13.8 Å². The molecule has 1 amide bonds. The van der Waals surface area contributed by atoms with Gasteiger partial charge in [-0.15, -0.1) is 0 Å². The van der Waals surface area contributed by atoms with Crippen molar-refractivity contribution in [3.8, 4) is 0 Å². The normalized spacial score (nSPS) is 14.2. The lowest BCUT2D eigenvalue weighted by Crippen LogP contribution is -2.35. The number of aryl methyl sites for hydroxylation is 1. The highest BCUT2D eigenvalue weighted by Gasteiger charge is 2.26. The quantitative estimate of drug-likeness (QED) is 0.722. The van der Waals surface area contributed by atoms with E-state index in [-0.39, 0.29) is 12.5 Å². The molecule has 0 atom stereocenters. The van der Waals surface area contributed by atoms with E-state index >= 15 is 0 Å². The first kappa shape index (κ1) is 15.4. The van der Waals surface area contributed by atoms with Crippen LogP contribution in [-0.4, -0.2) is 10.9 Å². The molecule has 0 unspecified atom stereocenters. The summed E-state index contributed by atoms with van der Waals surface area (Å²) in [6, 6.07) is 4.85. The molecule has 114 valence electrons. The smallest absolute Gasteiger partial charge is 0.227 e.